The molecule has 0 spiro atoms. The van der Waals surface area contributed by atoms with E-state index in [0.29, 0.717) is 6.54 Å². The molecule has 2 aromatic carbocycles. The number of anilines is 1. The molecule has 4 rings (SSSR count). The van der Waals surface area contributed by atoms with E-state index < -0.39 is 24.0 Å². The summed E-state index contributed by atoms with van der Waals surface area (Å²) in [7, 11) is 1.59. The van der Waals surface area contributed by atoms with Crippen LogP contribution < -0.4 is 10.1 Å². The van der Waals surface area contributed by atoms with Crippen molar-refractivity contribution in [2.24, 2.45) is 5.92 Å². The standard InChI is InChI=1S/C30H33FN4O4/c1-20-17-35(21(2)19-36)29(37)24-15-23(14-13-22-9-5-4-6-10-22)16-32-28(24)39-27(20)18-34(3)30(38)33-26-12-8-7-11-25(26)31/h4-16,20-21,27,36H,17-19H2,1-3H3,(H,33,38)/b14-13+/t20-,21+,27+/m1/s1. The molecule has 8 nitrogen and oxygen atoms in total. The van der Waals surface area contributed by atoms with Gasteiger partial charge in [0.15, 0.2) is 0 Å². The minimum atomic E-state index is -0.530. The molecule has 0 fully saturated rings. The minimum absolute atomic E-state index is 0.0811. The Morgan fingerprint density at radius 2 is 1.90 bits per heavy atom. The fourth-order valence-electron chi connectivity index (χ4n) is 4.31. The highest BCUT2D eigenvalue weighted by atomic mass is 19.1. The minimum Gasteiger partial charge on any atom is -0.472 e. The number of likely N-dealkylation sites (N-methyl/N-ethyl adjacent to an activating group) is 1. The van der Waals surface area contributed by atoms with Gasteiger partial charge in [-0.05, 0) is 36.2 Å². The number of amides is 3. The summed E-state index contributed by atoms with van der Waals surface area (Å²) in [5.41, 5.74) is 2.09. The zero-order valence-electron chi connectivity index (χ0n) is 22.3. The first kappa shape index (κ1) is 27.8. The van der Waals surface area contributed by atoms with Gasteiger partial charge in [0.25, 0.3) is 5.91 Å². The number of rotatable bonds is 7. The molecule has 39 heavy (non-hydrogen) atoms. The Morgan fingerprint density at radius 3 is 2.62 bits per heavy atom. The fourth-order valence-corrected chi connectivity index (χ4v) is 4.31. The quantitative estimate of drug-likeness (QED) is 0.457. The molecule has 1 aliphatic heterocycles. The summed E-state index contributed by atoms with van der Waals surface area (Å²) in [4.78, 5) is 33.9. The number of halogens is 1. The second-order valence-electron chi connectivity index (χ2n) is 9.78. The highest BCUT2D eigenvalue weighted by Crippen LogP contribution is 2.28. The van der Waals surface area contributed by atoms with Crippen molar-refractivity contribution in [2.75, 3.05) is 32.1 Å². The third-order valence-electron chi connectivity index (χ3n) is 6.73. The van der Waals surface area contributed by atoms with Crippen molar-refractivity contribution in [1.82, 2.24) is 14.8 Å². The lowest BCUT2D eigenvalue weighted by molar-refractivity contribution is 0.0356. The summed E-state index contributed by atoms with van der Waals surface area (Å²) in [6.45, 7) is 3.96. The van der Waals surface area contributed by atoms with Crippen LogP contribution in [-0.4, -0.2) is 70.7 Å². The maximum absolute atomic E-state index is 14.0. The van der Waals surface area contributed by atoms with Gasteiger partial charge in [0, 0.05) is 25.7 Å². The van der Waals surface area contributed by atoms with E-state index in [0.717, 1.165) is 11.1 Å². The number of urea groups is 1. The van der Waals surface area contributed by atoms with Gasteiger partial charge in [-0.25, -0.2) is 14.2 Å². The number of pyridine rings is 1. The molecular weight excluding hydrogens is 499 g/mol. The number of carbonyl (C=O) groups is 2. The number of hydrogen-bond acceptors (Lipinski definition) is 5. The number of aliphatic hydroxyl groups is 1. The van der Waals surface area contributed by atoms with Gasteiger partial charge in [0.05, 0.1) is 24.9 Å². The van der Waals surface area contributed by atoms with Crippen molar-refractivity contribution >= 4 is 29.8 Å². The van der Waals surface area contributed by atoms with Crippen LogP contribution in [0, 0.1) is 11.7 Å². The first-order chi connectivity index (χ1) is 18.8. The maximum Gasteiger partial charge on any atom is 0.321 e. The number of benzene rings is 2. The number of fused-ring (bicyclic) bond motifs is 1. The first-order valence-electron chi connectivity index (χ1n) is 12.8. The number of aliphatic hydroxyl groups excluding tert-OH is 1. The lowest BCUT2D eigenvalue weighted by atomic mass is 10.00. The lowest BCUT2D eigenvalue weighted by Gasteiger charge is -2.37. The molecule has 0 bridgehead atoms. The predicted octanol–water partition coefficient (Wildman–Crippen LogP) is 4.78. The second-order valence-corrected chi connectivity index (χ2v) is 9.78. The van der Waals surface area contributed by atoms with Gasteiger partial charge in [-0.15, -0.1) is 0 Å². The summed E-state index contributed by atoms with van der Waals surface area (Å²) in [6.07, 6.45) is 4.90. The van der Waals surface area contributed by atoms with E-state index in [-0.39, 0.29) is 42.1 Å². The largest absolute Gasteiger partial charge is 0.472 e. The number of hydrogen-bond donors (Lipinski definition) is 2. The summed E-state index contributed by atoms with van der Waals surface area (Å²) in [5.74, 6) is -0.868. The van der Waals surface area contributed by atoms with Crippen LogP contribution in [0.15, 0.2) is 66.9 Å². The Morgan fingerprint density at radius 1 is 1.21 bits per heavy atom. The SMILES string of the molecule is C[C@@H]1CN([C@@H](C)CO)C(=O)c2cc(/C=C/c3ccccc3)cnc2O[C@H]1CN(C)C(=O)Nc1ccccc1F. The van der Waals surface area contributed by atoms with Crippen molar-refractivity contribution in [3.8, 4) is 5.88 Å². The molecule has 0 aliphatic carbocycles. The van der Waals surface area contributed by atoms with Gasteiger partial charge < -0.3 is 25.0 Å². The van der Waals surface area contributed by atoms with Crippen LogP contribution in [0.5, 0.6) is 5.88 Å². The highest BCUT2D eigenvalue weighted by molar-refractivity contribution is 5.97. The number of ether oxygens (including phenoxy) is 1. The van der Waals surface area contributed by atoms with Crippen LogP contribution in [0.3, 0.4) is 0 Å². The summed E-state index contributed by atoms with van der Waals surface area (Å²) in [6, 6.07) is 16.5. The van der Waals surface area contributed by atoms with Crippen molar-refractivity contribution < 1.29 is 23.8 Å². The molecule has 9 heteroatoms. The highest BCUT2D eigenvalue weighted by Gasteiger charge is 2.34. The molecule has 204 valence electrons. The summed E-state index contributed by atoms with van der Waals surface area (Å²) >= 11 is 0. The van der Waals surface area contributed by atoms with Gasteiger partial charge in [-0.2, -0.15) is 0 Å². The number of carbonyl (C=O) groups excluding carboxylic acids is 2. The van der Waals surface area contributed by atoms with E-state index >= 15 is 0 Å². The zero-order chi connectivity index (χ0) is 27.9. The molecule has 2 heterocycles. The molecule has 2 N–H and O–H groups in total. The average molecular weight is 533 g/mol. The van der Waals surface area contributed by atoms with Crippen molar-refractivity contribution in [2.45, 2.75) is 26.0 Å². The number of nitrogens with zero attached hydrogens (tertiary/aromatic N) is 3. The molecule has 0 radical (unpaired) electrons. The smallest absolute Gasteiger partial charge is 0.321 e. The van der Waals surface area contributed by atoms with Crippen molar-refractivity contribution in [3.63, 3.8) is 0 Å². The average Bonchev–Trinajstić information content (AvgIpc) is 2.95. The number of aromatic nitrogens is 1. The topological polar surface area (TPSA) is 95.0 Å². The summed E-state index contributed by atoms with van der Waals surface area (Å²) in [5, 5.41) is 12.4. The van der Waals surface area contributed by atoms with E-state index in [1.165, 1.54) is 17.0 Å². The van der Waals surface area contributed by atoms with Crippen LogP contribution in [0.2, 0.25) is 0 Å². The maximum atomic E-state index is 14.0. The van der Waals surface area contributed by atoms with Crippen LogP contribution >= 0.6 is 0 Å². The van der Waals surface area contributed by atoms with Gasteiger partial charge in [-0.3, -0.25) is 4.79 Å². The molecule has 0 saturated carbocycles. The van der Waals surface area contributed by atoms with E-state index in [1.807, 2.05) is 49.4 Å². The molecule has 3 amide bonds. The third-order valence-corrected chi connectivity index (χ3v) is 6.73. The predicted molar refractivity (Wildman–Crippen MR) is 149 cm³/mol. The van der Waals surface area contributed by atoms with Gasteiger partial charge in [-0.1, -0.05) is 61.5 Å². The Bertz CT molecular complexity index is 1330. The zero-order valence-corrected chi connectivity index (χ0v) is 22.3. The molecule has 1 aliphatic rings. The molecule has 0 unspecified atom stereocenters. The second kappa shape index (κ2) is 12.5. The third kappa shape index (κ3) is 6.80. The van der Waals surface area contributed by atoms with E-state index in [1.54, 1.807) is 43.3 Å². The van der Waals surface area contributed by atoms with Gasteiger partial charge in [0.1, 0.15) is 17.5 Å². The Balaban J connectivity index is 1.59. The Labute approximate surface area is 227 Å². The van der Waals surface area contributed by atoms with Crippen LogP contribution in [-0.2, 0) is 0 Å². The Kier molecular flexibility index (Phi) is 8.93. The number of nitrogens with one attached hydrogen (secondary N) is 1. The normalized spacial score (nSPS) is 18.1. The van der Waals surface area contributed by atoms with E-state index in [2.05, 4.69) is 10.3 Å². The van der Waals surface area contributed by atoms with Crippen LogP contribution in [0.4, 0.5) is 14.9 Å². The first-order valence-corrected chi connectivity index (χ1v) is 12.8. The molecule has 3 aromatic rings. The Hall–Kier alpha value is -4.24. The molecule has 1 aromatic heterocycles. The van der Waals surface area contributed by atoms with Crippen molar-refractivity contribution in [1.29, 1.82) is 0 Å². The van der Waals surface area contributed by atoms with Gasteiger partial charge >= 0.3 is 6.03 Å². The van der Waals surface area contributed by atoms with Gasteiger partial charge in [0.2, 0.25) is 5.88 Å². The summed E-state index contributed by atoms with van der Waals surface area (Å²) < 4.78 is 20.3. The molecule has 0 saturated heterocycles. The van der Waals surface area contributed by atoms with E-state index in [4.69, 9.17) is 4.74 Å². The van der Waals surface area contributed by atoms with Crippen LogP contribution in [0.1, 0.15) is 35.3 Å². The van der Waals surface area contributed by atoms with E-state index in [9.17, 15) is 19.1 Å². The number of para-hydroxylation sites is 1. The molecule has 3 atom stereocenters. The fraction of sp³-hybridized carbons (Fsp3) is 0.300. The monoisotopic (exact) mass is 532 g/mol. The van der Waals surface area contributed by atoms with Crippen LogP contribution in [0.25, 0.3) is 12.2 Å². The van der Waals surface area contributed by atoms with Crippen molar-refractivity contribution in [3.05, 3.63) is 89.4 Å². The molecular formula is C30H33FN4O4. The lowest BCUT2D eigenvalue weighted by Crippen LogP contribution is -2.50.